The van der Waals surface area contributed by atoms with E-state index in [0.717, 1.165) is 31.7 Å². The molecule has 0 bridgehead atoms. The van der Waals surface area contributed by atoms with Crippen molar-refractivity contribution in [1.29, 1.82) is 0 Å². The molecular weight excluding hydrogens is 254 g/mol. The van der Waals surface area contributed by atoms with Gasteiger partial charge in [0.1, 0.15) is 0 Å². The summed E-state index contributed by atoms with van der Waals surface area (Å²) in [7, 11) is 2.04. The van der Waals surface area contributed by atoms with Crippen LogP contribution in [0.3, 0.4) is 0 Å². The van der Waals surface area contributed by atoms with Crippen molar-refractivity contribution < 1.29 is 9.59 Å². The Morgan fingerprint density at radius 3 is 2.55 bits per heavy atom. The summed E-state index contributed by atoms with van der Waals surface area (Å²) in [6, 6.07) is 7.34. The van der Waals surface area contributed by atoms with Crippen LogP contribution in [0, 0.1) is 6.92 Å². The molecule has 1 aromatic rings. The number of nitrogens with one attached hydrogen (secondary N) is 1. The number of benzene rings is 1. The van der Waals surface area contributed by atoms with E-state index in [1.807, 2.05) is 32.2 Å². The van der Waals surface area contributed by atoms with Crippen molar-refractivity contribution >= 4 is 11.8 Å². The highest BCUT2D eigenvalue weighted by Gasteiger charge is 2.19. The Balaban J connectivity index is 1.82. The lowest BCUT2D eigenvalue weighted by molar-refractivity contribution is -0.131. The van der Waals surface area contributed by atoms with E-state index in [4.69, 9.17) is 0 Å². The highest BCUT2D eigenvalue weighted by molar-refractivity contribution is 5.96. The molecule has 1 aliphatic heterocycles. The van der Waals surface area contributed by atoms with Gasteiger partial charge in [0.05, 0.1) is 6.54 Å². The summed E-state index contributed by atoms with van der Waals surface area (Å²) in [5, 5.41) is 2.69. The zero-order chi connectivity index (χ0) is 14.5. The van der Waals surface area contributed by atoms with Gasteiger partial charge in [-0.2, -0.15) is 0 Å². The van der Waals surface area contributed by atoms with Crippen LogP contribution in [0.5, 0.6) is 0 Å². The average molecular weight is 275 g/mol. The maximum atomic E-state index is 12.0. The van der Waals surface area contributed by atoms with Gasteiger partial charge in [0, 0.05) is 31.7 Å². The molecule has 0 unspecified atom stereocenters. The third-order valence-electron chi connectivity index (χ3n) is 3.54. The monoisotopic (exact) mass is 275 g/mol. The fourth-order valence-corrected chi connectivity index (χ4v) is 2.21. The Kier molecular flexibility index (Phi) is 4.74. The van der Waals surface area contributed by atoms with E-state index >= 15 is 0 Å². The Hall–Kier alpha value is -1.88. The normalized spacial score (nSPS) is 16.0. The third-order valence-corrected chi connectivity index (χ3v) is 3.54. The van der Waals surface area contributed by atoms with Gasteiger partial charge in [0.15, 0.2) is 0 Å². The van der Waals surface area contributed by atoms with Gasteiger partial charge in [0.25, 0.3) is 5.91 Å². The predicted octanol–water partition coefficient (Wildman–Crippen LogP) is 0.499. The Labute approximate surface area is 119 Å². The van der Waals surface area contributed by atoms with Crippen molar-refractivity contribution in [3.05, 3.63) is 35.4 Å². The SMILES string of the molecule is Cc1cccc(C(=O)NCC(=O)N2CCN(C)CC2)c1. The van der Waals surface area contributed by atoms with E-state index in [0.29, 0.717) is 5.56 Å². The first kappa shape index (κ1) is 14.5. The number of aryl methyl sites for hydroxylation is 1. The molecule has 0 aromatic heterocycles. The quantitative estimate of drug-likeness (QED) is 0.874. The summed E-state index contributed by atoms with van der Waals surface area (Å²) >= 11 is 0. The number of piperazine rings is 1. The molecule has 0 saturated carbocycles. The minimum Gasteiger partial charge on any atom is -0.343 e. The van der Waals surface area contributed by atoms with E-state index in [1.165, 1.54) is 0 Å². The van der Waals surface area contributed by atoms with E-state index in [-0.39, 0.29) is 18.4 Å². The van der Waals surface area contributed by atoms with Crippen LogP contribution in [0.1, 0.15) is 15.9 Å². The van der Waals surface area contributed by atoms with Crippen LogP contribution < -0.4 is 5.32 Å². The van der Waals surface area contributed by atoms with Crippen molar-refractivity contribution in [2.24, 2.45) is 0 Å². The maximum absolute atomic E-state index is 12.0. The molecular formula is C15H21N3O2. The largest absolute Gasteiger partial charge is 0.343 e. The second kappa shape index (κ2) is 6.52. The Bertz CT molecular complexity index is 494. The van der Waals surface area contributed by atoms with E-state index in [9.17, 15) is 9.59 Å². The first-order valence-electron chi connectivity index (χ1n) is 6.87. The molecule has 1 aromatic carbocycles. The molecule has 108 valence electrons. The number of carbonyl (C=O) groups is 2. The van der Waals surface area contributed by atoms with E-state index < -0.39 is 0 Å². The third kappa shape index (κ3) is 3.81. The fraction of sp³-hybridized carbons (Fsp3) is 0.467. The lowest BCUT2D eigenvalue weighted by Gasteiger charge is -2.32. The van der Waals surface area contributed by atoms with Gasteiger partial charge in [-0.1, -0.05) is 17.7 Å². The van der Waals surface area contributed by atoms with Crippen molar-refractivity contribution in [2.45, 2.75) is 6.92 Å². The summed E-state index contributed by atoms with van der Waals surface area (Å²) in [6.07, 6.45) is 0. The molecule has 0 spiro atoms. The van der Waals surface area contributed by atoms with Gasteiger partial charge in [-0.05, 0) is 26.1 Å². The number of hydrogen-bond acceptors (Lipinski definition) is 3. The molecule has 20 heavy (non-hydrogen) atoms. The summed E-state index contributed by atoms with van der Waals surface area (Å²) in [5.41, 5.74) is 1.62. The smallest absolute Gasteiger partial charge is 0.251 e. The molecule has 1 saturated heterocycles. The lowest BCUT2D eigenvalue weighted by Crippen LogP contribution is -2.50. The molecule has 1 heterocycles. The van der Waals surface area contributed by atoms with Gasteiger partial charge < -0.3 is 15.1 Å². The second-order valence-corrected chi connectivity index (χ2v) is 5.24. The van der Waals surface area contributed by atoms with E-state index in [2.05, 4.69) is 10.2 Å². The number of rotatable bonds is 3. The standard InChI is InChI=1S/C15H21N3O2/c1-12-4-3-5-13(10-12)15(20)16-11-14(19)18-8-6-17(2)7-9-18/h3-5,10H,6-9,11H2,1-2H3,(H,16,20). The van der Waals surface area contributed by atoms with Gasteiger partial charge in [0.2, 0.25) is 5.91 Å². The van der Waals surface area contributed by atoms with Gasteiger partial charge in [-0.3, -0.25) is 9.59 Å². The van der Waals surface area contributed by atoms with Crippen LogP contribution in [-0.2, 0) is 4.79 Å². The molecule has 1 fully saturated rings. The topological polar surface area (TPSA) is 52.7 Å². The first-order valence-corrected chi connectivity index (χ1v) is 6.87. The number of carbonyl (C=O) groups excluding carboxylic acids is 2. The average Bonchev–Trinajstić information content (AvgIpc) is 2.45. The molecule has 1 aliphatic rings. The Morgan fingerprint density at radius 1 is 1.20 bits per heavy atom. The van der Waals surface area contributed by atoms with Crippen LogP contribution in [-0.4, -0.2) is 61.4 Å². The Morgan fingerprint density at radius 2 is 1.90 bits per heavy atom. The fourth-order valence-electron chi connectivity index (χ4n) is 2.21. The van der Waals surface area contributed by atoms with Gasteiger partial charge in [-0.25, -0.2) is 0 Å². The number of amides is 2. The highest BCUT2D eigenvalue weighted by atomic mass is 16.2. The van der Waals surface area contributed by atoms with Crippen LogP contribution in [0.15, 0.2) is 24.3 Å². The number of nitrogens with zero attached hydrogens (tertiary/aromatic N) is 2. The van der Waals surface area contributed by atoms with Gasteiger partial charge in [-0.15, -0.1) is 0 Å². The van der Waals surface area contributed by atoms with Crippen molar-refractivity contribution in [2.75, 3.05) is 39.8 Å². The number of hydrogen-bond donors (Lipinski definition) is 1. The summed E-state index contributed by atoms with van der Waals surface area (Å²) in [6.45, 7) is 5.24. The minimum absolute atomic E-state index is 0.0147. The van der Waals surface area contributed by atoms with Crippen molar-refractivity contribution in [3.8, 4) is 0 Å². The summed E-state index contributed by atoms with van der Waals surface area (Å²) < 4.78 is 0. The lowest BCUT2D eigenvalue weighted by atomic mass is 10.1. The molecule has 5 heteroatoms. The van der Waals surface area contributed by atoms with Crippen LogP contribution in [0.25, 0.3) is 0 Å². The van der Waals surface area contributed by atoms with Crippen LogP contribution in [0.2, 0.25) is 0 Å². The summed E-state index contributed by atoms with van der Waals surface area (Å²) in [4.78, 5) is 27.9. The molecule has 0 aliphatic carbocycles. The summed E-state index contributed by atoms with van der Waals surface area (Å²) in [5.74, 6) is -0.213. The first-order chi connectivity index (χ1) is 9.56. The molecule has 5 nitrogen and oxygen atoms in total. The minimum atomic E-state index is -0.198. The molecule has 2 rings (SSSR count). The zero-order valence-corrected chi connectivity index (χ0v) is 12.1. The molecule has 0 atom stereocenters. The predicted molar refractivity (Wildman–Crippen MR) is 77.6 cm³/mol. The van der Waals surface area contributed by atoms with Crippen molar-refractivity contribution in [1.82, 2.24) is 15.1 Å². The number of likely N-dealkylation sites (N-methyl/N-ethyl adjacent to an activating group) is 1. The molecule has 2 amide bonds. The van der Waals surface area contributed by atoms with Crippen LogP contribution >= 0.6 is 0 Å². The maximum Gasteiger partial charge on any atom is 0.251 e. The highest BCUT2D eigenvalue weighted by Crippen LogP contribution is 2.04. The van der Waals surface area contributed by atoms with E-state index in [1.54, 1.807) is 11.0 Å². The molecule has 1 N–H and O–H groups in total. The molecule has 0 radical (unpaired) electrons. The van der Waals surface area contributed by atoms with Crippen LogP contribution in [0.4, 0.5) is 0 Å². The second-order valence-electron chi connectivity index (χ2n) is 5.24. The zero-order valence-electron chi connectivity index (χ0n) is 12.1. The van der Waals surface area contributed by atoms with Gasteiger partial charge >= 0.3 is 0 Å². The van der Waals surface area contributed by atoms with Crippen molar-refractivity contribution in [3.63, 3.8) is 0 Å².